The molecule has 0 aliphatic carbocycles. The number of benzene rings is 3. The Morgan fingerprint density at radius 1 is 0.923 bits per heavy atom. The summed E-state index contributed by atoms with van der Waals surface area (Å²) in [6.07, 6.45) is 0. The maximum atomic E-state index is 12.4. The van der Waals surface area contributed by atoms with Crippen molar-refractivity contribution < 1.29 is 23.5 Å². The first-order chi connectivity index (χ1) is 18.9. The molecule has 3 aromatic carbocycles. The number of morpholine rings is 1. The van der Waals surface area contributed by atoms with E-state index in [1.54, 1.807) is 4.90 Å². The van der Waals surface area contributed by atoms with Crippen LogP contribution in [0.2, 0.25) is 0 Å². The molecule has 0 radical (unpaired) electrons. The van der Waals surface area contributed by atoms with E-state index in [0.717, 1.165) is 32.6 Å². The van der Waals surface area contributed by atoms with E-state index in [0.29, 0.717) is 44.4 Å². The average molecular weight is 532 g/mol. The monoisotopic (exact) mass is 531 g/mol. The van der Waals surface area contributed by atoms with Crippen LogP contribution in [0.3, 0.4) is 0 Å². The summed E-state index contributed by atoms with van der Waals surface area (Å²) in [7, 11) is 0. The standard InChI is InChI=1S/C29H29N3O7/c1-20-15-25(38-19-27(33)31-11-13-36-14-12-31)9-10-26(20)23-4-2-3-22(16-23)18-37-24-7-5-21(6-8-24)17-32-28(34)30-29(35)39-32/h2-10,15-16H,11-14,17-19H2,1H3,(H,30,34,35). The van der Waals surface area contributed by atoms with E-state index >= 15 is 0 Å². The van der Waals surface area contributed by atoms with Crippen LogP contribution in [0.15, 0.2) is 80.8 Å². The van der Waals surface area contributed by atoms with Gasteiger partial charge in [0.2, 0.25) is 0 Å². The summed E-state index contributed by atoms with van der Waals surface area (Å²) in [6.45, 7) is 4.88. The van der Waals surface area contributed by atoms with Crippen molar-refractivity contribution in [3.8, 4) is 22.6 Å². The van der Waals surface area contributed by atoms with Gasteiger partial charge < -0.3 is 23.6 Å². The lowest BCUT2D eigenvalue weighted by Crippen LogP contribution is -2.42. The van der Waals surface area contributed by atoms with Crippen LogP contribution >= 0.6 is 0 Å². The molecule has 10 heteroatoms. The van der Waals surface area contributed by atoms with Gasteiger partial charge in [-0.1, -0.05) is 36.4 Å². The number of carbonyl (C=O) groups excluding carboxylic acids is 1. The summed E-state index contributed by atoms with van der Waals surface area (Å²) >= 11 is 0. The van der Waals surface area contributed by atoms with E-state index in [1.807, 2.05) is 67.6 Å². The number of amides is 1. The Morgan fingerprint density at radius 3 is 2.41 bits per heavy atom. The molecule has 39 heavy (non-hydrogen) atoms. The average Bonchev–Trinajstić information content (AvgIpc) is 3.27. The Bertz CT molecular complexity index is 1550. The first kappa shape index (κ1) is 26.1. The van der Waals surface area contributed by atoms with Gasteiger partial charge in [0, 0.05) is 13.1 Å². The molecule has 1 amide bonds. The van der Waals surface area contributed by atoms with Gasteiger partial charge in [0.1, 0.15) is 18.1 Å². The number of nitrogens with one attached hydrogen (secondary N) is 1. The Labute approximate surface area is 224 Å². The second kappa shape index (κ2) is 11.9. The van der Waals surface area contributed by atoms with Crippen LogP contribution in [0, 0.1) is 6.92 Å². The van der Waals surface area contributed by atoms with Gasteiger partial charge in [0.25, 0.3) is 5.91 Å². The maximum absolute atomic E-state index is 12.4. The second-order valence-corrected chi connectivity index (χ2v) is 9.24. The van der Waals surface area contributed by atoms with Crippen LogP contribution in [-0.2, 0) is 22.7 Å². The normalized spacial score (nSPS) is 13.3. The van der Waals surface area contributed by atoms with Gasteiger partial charge in [0.15, 0.2) is 6.61 Å². The Balaban J connectivity index is 1.17. The fourth-order valence-electron chi connectivity index (χ4n) is 4.37. The predicted octanol–water partition coefficient (Wildman–Crippen LogP) is 2.97. The van der Waals surface area contributed by atoms with E-state index in [1.165, 1.54) is 0 Å². The second-order valence-electron chi connectivity index (χ2n) is 9.24. The minimum Gasteiger partial charge on any atom is -0.489 e. The molecule has 1 fully saturated rings. The molecular weight excluding hydrogens is 502 g/mol. The first-order valence-electron chi connectivity index (χ1n) is 12.6. The number of hydrogen-bond acceptors (Lipinski definition) is 7. The molecule has 0 spiro atoms. The number of rotatable bonds is 9. The molecule has 1 aromatic heterocycles. The largest absolute Gasteiger partial charge is 0.489 e. The van der Waals surface area contributed by atoms with Crippen LogP contribution in [0.4, 0.5) is 0 Å². The zero-order valence-electron chi connectivity index (χ0n) is 21.6. The molecule has 1 aliphatic heterocycles. The SMILES string of the molecule is Cc1cc(OCC(=O)N2CCOCC2)ccc1-c1cccc(COc2ccc(Cn3oc(=O)[nH]c3=O)cc2)c1. The number of nitrogens with zero attached hydrogens (tertiary/aromatic N) is 2. The van der Waals surface area contributed by atoms with Crippen LogP contribution in [0.25, 0.3) is 11.1 Å². The Morgan fingerprint density at radius 2 is 1.69 bits per heavy atom. The highest BCUT2D eigenvalue weighted by atomic mass is 16.5. The lowest BCUT2D eigenvalue weighted by Gasteiger charge is -2.26. The van der Waals surface area contributed by atoms with Gasteiger partial charge in [-0.2, -0.15) is 0 Å². The smallest absolute Gasteiger partial charge is 0.440 e. The molecule has 4 aromatic rings. The number of carbonyl (C=O) groups is 1. The van der Waals surface area contributed by atoms with E-state index in [2.05, 4.69) is 11.1 Å². The Hall–Kier alpha value is -4.57. The van der Waals surface area contributed by atoms with Gasteiger partial charge in [-0.15, -0.1) is 4.74 Å². The maximum Gasteiger partial charge on any atom is 0.440 e. The van der Waals surface area contributed by atoms with Gasteiger partial charge >= 0.3 is 11.4 Å². The lowest BCUT2D eigenvalue weighted by molar-refractivity contribution is -0.137. The van der Waals surface area contributed by atoms with E-state index in [4.69, 9.17) is 18.7 Å². The zero-order valence-corrected chi connectivity index (χ0v) is 21.6. The first-order valence-corrected chi connectivity index (χ1v) is 12.6. The number of aromatic nitrogens is 2. The molecule has 0 atom stereocenters. The lowest BCUT2D eigenvalue weighted by atomic mass is 9.99. The molecule has 0 saturated carbocycles. The summed E-state index contributed by atoms with van der Waals surface area (Å²) in [6, 6.07) is 21.2. The van der Waals surface area contributed by atoms with E-state index in [9.17, 15) is 14.4 Å². The topological polar surface area (TPSA) is 116 Å². The fourth-order valence-corrected chi connectivity index (χ4v) is 4.37. The summed E-state index contributed by atoms with van der Waals surface area (Å²) in [5.41, 5.74) is 4.38. The third-order valence-corrected chi connectivity index (χ3v) is 6.45. The number of ether oxygens (including phenoxy) is 3. The molecule has 2 heterocycles. The summed E-state index contributed by atoms with van der Waals surface area (Å²) in [5.74, 6) is 0.519. The summed E-state index contributed by atoms with van der Waals surface area (Å²) < 4.78 is 22.8. The van der Waals surface area contributed by atoms with Crippen molar-refractivity contribution in [1.29, 1.82) is 0 Å². The quantitative estimate of drug-likeness (QED) is 0.353. The van der Waals surface area contributed by atoms with Crippen molar-refractivity contribution >= 4 is 5.91 Å². The number of H-pyrrole nitrogens is 1. The van der Waals surface area contributed by atoms with Crippen molar-refractivity contribution in [2.24, 2.45) is 0 Å². The minimum absolute atomic E-state index is 0.00757. The van der Waals surface area contributed by atoms with Crippen LogP contribution in [-0.4, -0.2) is 53.4 Å². The third kappa shape index (κ3) is 6.66. The molecule has 0 bridgehead atoms. The van der Waals surface area contributed by atoms with Crippen LogP contribution in [0.5, 0.6) is 11.5 Å². The molecule has 0 unspecified atom stereocenters. The van der Waals surface area contributed by atoms with E-state index < -0.39 is 11.4 Å². The highest BCUT2D eigenvalue weighted by Gasteiger charge is 2.17. The number of aromatic amines is 1. The molecule has 10 nitrogen and oxygen atoms in total. The molecular formula is C29H29N3O7. The van der Waals surface area contributed by atoms with Gasteiger partial charge in [0.05, 0.1) is 19.8 Å². The minimum atomic E-state index is -0.780. The van der Waals surface area contributed by atoms with Crippen LogP contribution in [0.1, 0.15) is 16.7 Å². The molecule has 1 N–H and O–H groups in total. The number of aryl methyl sites for hydroxylation is 1. The highest BCUT2D eigenvalue weighted by Crippen LogP contribution is 2.28. The summed E-state index contributed by atoms with van der Waals surface area (Å²) in [4.78, 5) is 38.9. The predicted molar refractivity (Wildman–Crippen MR) is 143 cm³/mol. The molecule has 202 valence electrons. The van der Waals surface area contributed by atoms with Crippen molar-refractivity contribution in [1.82, 2.24) is 14.6 Å². The van der Waals surface area contributed by atoms with Gasteiger partial charge in [-0.3, -0.25) is 4.79 Å². The highest BCUT2D eigenvalue weighted by molar-refractivity contribution is 5.78. The van der Waals surface area contributed by atoms with Gasteiger partial charge in [-0.25, -0.2) is 14.6 Å². The third-order valence-electron chi connectivity index (χ3n) is 6.45. The Kier molecular flexibility index (Phi) is 7.93. The van der Waals surface area contributed by atoms with Crippen molar-refractivity contribution in [3.63, 3.8) is 0 Å². The zero-order chi connectivity index (χ0) is 27.2. The molecule has 1 saturated heterocycles. The van der Waals surface area contributed by atoms with Crippen LogP contribution < -0.4 is 20.9 Å². The van der Waals surface area contributed by atoms with Crippen molar-refractivity contribution in [2.45, 2.75) is 20.1 Å². The van der Waals surface area contributed by atoms with Crippen molar-refractivity contribution in [3.05, 3.63) is 104 Å². The molecule has 5 rings (SSSR count). The molecule has 1 aliphatic rings. The number of hydrogen-bond donors (Lipinski definition) is 1. The summed E-state index contributed by atoms with van der Waals surface area (Å²) in [5, 5.41) is 0. The van der Waals surface area contributed by atoms with Crippen molar-refractivity contribution in [2.75, 3.05) is 32.9 Å². The van der Waals surface area contributed by atoms with E-state index in [-0.39, 0.29) is 19.1 Å². The fraction of sp³-hybridized carbons (Fsp3) is 0.276. The van der Waals surface area contributed by atoms with Gasteiger partial charge in [-0.05, 0) is 65.1 Å².